The Labute approximate surface area is 172 Å². The quantitative estimate of drug-likeness (QED) is 0.726. The van der Waals surface area contributed by atoms with Crippen LogP contribution in [0.15, 0.2) is 24.4 Å². The number of benzene rings is 1. The zero-order valence-electron chi connectivity index (χ0n) is 16.8. The minimum absolute atomic E-state index is 0.0221. The number of carbonyl (C=O) groups excluding carboxylic acids is 1. The average Bonchev–Trinajstić information content (AvgIpc) is 2.68. The van der Waals surface area contributed by atoms with Gasteiger partial charge in [-0.05, 0) is 37.5 Å². The summed E-state index contributed by atoms with van der Waals surface area (Å²) >= 11 is 0. The van der Waals surface area contributed by atoms with Gasteiger partial charge in [0.2, 0.25) is 5.91 Å². The predicted octanol–water partition coefficient (Wildman–Crippen LogP) is 3.46. The van der Waals surface area contributed by atoms with Crippen molar-refractivity contribution in [2.45, 2.75) is 38.5 Å². The Morgan fingerprint density at radius 2 is 1.87 bits per heavy atom. The summed E-state index contributed by atoms with van der Waals surface area (Å²) in [4.78, 5) is 20.2. The molecule has 4 rings (SSSR count). The lowest BCUT2D eigenvalue weighted by atomic mass is 9.89. The molecule has 0 radical (unpaired) electrons. The predicted molar refractivity (Wildman–Crippen MR) is 107 cm³/mol. The molecular weight excluding hydrogens is 397 g/mol. The number of anilines is 3. The number of rotatable bonds is 6. The van der Waals surface area contributed by atoms with Crippen LogP contribution in [0, 0.1) is 17.5 Å². The summed E-state index contributed by atoms with van der Waals surface area (Å²) in [5.41, 5.74) is 2.01. The molecule has 1 amide bonds. The van der Waals surface area contributed by atoms with Crippen LogP contribution >= 0.6 is 0 Å². The van der Waals surface area contributed by atoms with Gasteiger partial charge in [-0.1, -0.05) is 0 Å². The molecule has 1 aliphatic carbocycles. The van der Waals surface area contributed by atoms with Crippen LogP contribution in [0.25, 0.3) is 0 Å². The minimum atomic E-state index is -1.47. The van der Waals surface area contributed by atoms with Gasteiger partial charge in [0.1, 0.15) is 5.82 Å². The van der Waals surface area contributed by atoms with E-state index in [2.05, 4.69) is 10.3 Å². The van der Waals surface area contributed by atoms with E-state index in [1.54, 1.807) is 11.1 Å². The first-order valence-electron chi connectivity index (χ1n) is 9.88. The van der Waals surface area contributed by atoms with Crippen molar-refractivity contribution < 1.29 is 22.7 Å². The highest BCUT2D eigenvalue weighted by atomic mass is 19.2. The van der Waals surface area contributed by atoms with Gasteiger partial charge >= 0.3 is 0 Å². The van der Waals surface area contributed by atoms with E-state index in [1.807, 2.05) is 24.9 Å². The molecule has 0 spiro atoms. The molecule has 2 heterocycles. The Morgan fingerprint density at radius 3 is 2.53 bits per heavy atom. The van der Waals surface area contributed by atoms with E-state index in [0.717, 1.165) is 42.2 Å². The largest absolute Gasteiger partial charge is 0.373 e. The van der Waals surface area contributed by atoms with Gasteiger partial charge in [-0.3, -0.25) is 4.79 Å². The maximum absolute atomic E-state index is 13.3. The number of hydrogen-bond acceptors (Lipinski definition) is 5. The minimum Gasteiger partial charge on any atom is -0.373 e. The number of hydrogen-bond donors (Lipinski definition) is 1. The van der Waals surface area contributed by atoms with Crippen molar-refractivity contribution in [3.8, 4) is 0 Å². The lowest BCUT2D eigenvalue weighted by Crippen LogP contribution is -2.44. The van der Waals surface area contributed by atoms with Gasteiger partial charge in [-0.2, -0.15) is 0 Å². The van der Waals surface area contributed by atoms with Crippen LogP contribution in [-0.2, 0) is 16.1 Å². The molecule has 2 aromatic rings. The highest BCUT2D eigenvalue weighted by molar-refractivity contribution is 6.03. The van der Waals surface area contributed by atoms with Crippen molar-refractivity contribution in [3.05, 3.63) is 47.4 Å². The van der Waals surface area contributed by atoms with Crippen molar-refractivity contribution in [2.24, 2.45) is 0 Å². The molecule has 1 aliphatic heterocycles. The van der Waals surface area contributed by atoms with Gasteiger partial charge in [-0.25, -0.2) is 18.2 Å². The summed E-state index contributed by atoms with van der Waals surface area (Å²) in [5.74, 6) is -3.13. The van der Waals surface area contributed by atoms with Crippen LogP contribution in [0.5, 0.6) is 0 Å². The molecular formula is C21H23F3N4O2. The number of carbonyl (C=O) groups is 1. The van der Waals surface area contributed by atoms with Gasteiger partial charge in [0.25, 0.3) is 0 Å². The third-order valence-corrected chi connectivity index (χ3v) is 5.53. The van der Waals surface area contributed by atoms with Crippen LogP contribution in [-0.4, -0.2) is 43.2 Å². The standard InChI is InChI=1S/C21H23F3N4O2/c1-3-28-18-9-25-19(8-17(18)27(2)10-20(28)29)26-13-6-14(7-13)30-11-12-4-15(22)21(24)16(23)5-12/h4-5,8-9,13-14H,3,6-7,10-11H2,1-2H3,(H,25,26). The number of nitrogens with one attached hydrogen (secondary N) is 1. The van der Waals surface area contributed by atoms with E-state index < -0.39 is 17.5 Å². The third kappa shape index (κ3) is 3.94. The number of nitrogens with zero attached hydrogens (tertiary/aromatic N) is 3. The number of amides is 1. The molecule has 1 saturated carbocycles. The van der Waals surface area contributed by atoms with Gasteiger partial charge in [-0.15, -0.1) is 0 Å². The fourth-order valence-corrected chi connectivity index (χ4v) is 3.82. The second-order valence-electron chi connectivity index (χ2n) is 7.67. The number of halogens is 3. The topological polar surface area (TPSA) is 57.7 Å². The fourth-order valence-electron chi connectivity index (χ4n) is 3.82. The fraction of sp³-hybridized carbons (Fsp3) is 0.429. The molecule has 2 aliphatic rings. The van der Waals surface area contributed by atoms with Crippen molar-refractivity contribution >= 4 is 23.1 Å². The van der Waals surface area contributed by atoms with Crippen LogP contribution in [0.2, 0.25) is 0 Å². The maximum atomic E-state index is 13.3. The van der Waals surface area contributed by atoms with Crippen LogP contribution in [0.4, 0.5) is 30.4 Å². The lowest BCUT2D eigenvalue weighted by Gasteiger charge is -2.37. The van der Waals surface area contributed by atoms with E-state index in [9.17, 15) is 18.0 Å². The number of aromatic nitrogens is 1. The molecule has 0 bridgehead atoms. The number of likely N-dealkylation sites (N-methyl/N-ethyl adjacent to an activating group) is 2. The highest BCUT2D eigenvalue weighted by Crippen LogP contribution is 2.35. The molecule has 1 aromatic heterocycles. The summed E-state index contributed by atoms with van der Waals surface area (Å²) < 4.78 is 45.2. The van der Waals surface area contributed by atoms with Crippen LogP contribution in [0.1, 0.15) is 25.3 Å². The Kier molecular flexibility index (Phi) is 5.55. The van der Waals surface area contributed by atoms with Gasteiger partial charge in [0, 0.05) is 25.7 Å². The van der Waals surface area contributed by atoms with E-state index in [0.29, 0.717) is 13.1 Å². The van der Waals surface area contributed by atoms with Crippen LogP contribution in [0.3, 0.4) is 0 Å². The second kappa shape index (κ2) is 8.14. The summed E-state index contributed by atoms with van der Waals surface area (Å²) in [5, 5.41) is 3.36. The van der Waals surface area contributed by atoms with Crippen molar-refractivity contribution in [1.82, 2.24) is 4.98 Å². The SMILES string of the molecule is CCN1C(=O)CN(C)c2cc(NC3CC(OCc4cc(F)c(F)c(F)c4)C3)ncc21. The summed E-state index contributed by atoms with van der Waals surface area (Å²) in [6.07, 6.45) is 3.10. The van der Waals surface area contributed by atoms with E-state index in [1.165, 1.54) is 0 Å². The Balaban J connectivity index is 1.31. The molecule has 0 saturated heterocycles. The molecule has 1 N–H and O–H groups in total. The number of fused-ring (bicyclic) bond motifs is 1. The third-order valence-electron chi connectivity index (χ3n) is 5.53. The molecule has 6 nitrogen and oxygen atoms in total. The molecule has 9 heteroatoms. The summed E-state index contributed by atoms with van der Waals surface area (Å²) in [7, 11) is 1.88. The van der Waals surface area contributed by atoms with Gasteiger partial charge in [0.05, 0.1) is 36.8 Å². The number of pyridine rings is 1. The first kappa shape index (κ1) is 20.5. The lowest BCUT2D eigenvalue weighted by molar-refractivity contribution is -0.117. The average molecular weight is 420 g/mol. The monoisotopic (exact) mass is 420 g/mol. The van der Waals surface area contributed by atoms with Crippen molar-refractivity contribution in [3.63, 3.8) is 0 Å². The smallest absolute Gasteiger partial charge is 0.246 e. The van der Waals surface area contributed by atoms with Crippen LogP contribution < -0.4 is 15.1 Å². The first-order valence-corrected chi connectivity index (χ1v) is 9.88. The molecule has 30 heavy (non-hydrogen) atoms. The number of ether oxygens (including phenoxy) is 1. The summed E-state index contributed by atoms with van der Waals surface area (Å²) in [6, 6.07) is 4.00. The molecule has 0 unspecified atom stereocenters. The normalized spacial score (nSPS) is 20.8. The highest BCUT2D eigenvalue weighted by Gasteiger charge is 2.31. The van der Waals surface area contributed by atoms with E-state index in [4.69, 9.17) is 4.74 Å². The molecule has 1 fully saturated rings. The Morgan fingerprint density at radius 1 is 1.17 bits per heavy atom. The Bertz CT molecular complexity index is 942. The maximum Gasteiger partial charge on any atom is 0.246 e. The second-order valence-corrected chi connectivity index (χ2v) is 7.67. The van der Waals surface area contributed by atoms with Gasteiger partial charge < -0.3 is 19.9 Å². The molecule has 160 valence electrons. The molecule has 1 aromatic carbocycles. The molecule has 0 atom stereocenters. The van der Waals surface area contributed by atoms with E-state index in [-0.39, 0.29) is 30.2 Å². The first-order chi connectivity index (χ1) is 14.4. The van der Waals surface area contributed by atoms with Crippen molar-refractivity contribution in [2.75, 3.05) is 35.3 Å². The Hall–Kier alpha value is -2.81. The zero-order chi connectivity index (χ0) is 21.4. The zero-order valence-corrected chi connectivity index (χ0v) is 16.8. The van der Waals surface area contributed by atoms with Crippen molar-refractivity contribution in [1.29, 1.82) is 0 Å². The van der Waals surface area contributed by atoms with E-state index >= 15 is 0 Å². The van der Waals surface area contributed by atoms with Gasteiger partial charge in [0.15, 0.2) is 17.5 Å². The summed E-state index contributed by atoms with van der Waals surface area (Å²) in [6.45, 7) is 2.88.